The minimum absolute atomic E-state index is 0.481. The largest absolute Gasteiger partial charge is 0.681 e. The van der Waals surface area contributed by atoms with Gasteiger partial charge in [0, 0.05) is 25.4 Å². The van der Waals surface area contributed by atoms with E-state index in [2.05, 4.69) is 13.8 Å². The second kappa shape index (κ2) is 14.3. The Kier molecular flexibility index (Phi) is 12.8. The summed E-state index contributed by atoms with van der Waals surface area (Å²) in [6, 6.07) is 9.26. The van der Waals surface area contributed by atoms with Gasteiger partial charge in [-0.25, -0.2) is 0 Å². The maximum atomic E-state index is 10.5. The summed E-state index contributed by atoms with van der Waals surface area (Å²) in [5, 5.41) is 10.5. The second-order valence-corrected chi connectivity index (χ2v) is 8.44. The Hall–Kier alpha value is -0.763. The Morgan fingerprint density at radius 3 is 1.81 bits per heavy atom. The fraction of sp³-hybridized carbons (Fsp3) is 0.700. The van der Waals surface area contributed by atoms with Crippen LogP contribution in [0.15, 0.2) is 30.3 Å². The monoisotopic (exact) mass is 384 g/mol. The average Bonchev–Trinajstić information content (AvgIpc) is 2.67. The Morgan fingerprint density at radius 2 is 1.31 bits per heavy atom. The Labute approximate surface area is 160 Å². The predicted octanol–water partition coefficient (Wildman–Crippen LogP) is 4.97. The summed E-state index contributed by atoms with van der Waals surface area (Å²) in [4.78, 5) is 0. The minimum Gasteiger partial charge on any atom is -0.365 e. The van der Waals surface area contributed by atoms with Crippen LogP contribution in [0.2, 0.25) is 0 Å². The molecule has 0 spiro atoms. The zero-order chi connectivity index (χ0) is 19.1. The van der Waals surface area contributed by atoms with E-state index in [1.54, 1.807) is 0 Å². The first kappa shape index (κ1) is 23.3. The fourth-order valence-electron chi connectivity index (χ4n) is 2.38. The lowest BCUT2D eigenvalue weighted by Gasteiger charge is -2.30. The van der Waals surface area contributed by atoms with Crippen molar-refractivity contribution in [2.45, 2.75) is 72.0 Å². The van der Waals surface area contributed by atoms with Crippen LogP contribution in [0.25, 0.3) is 0 Å². The molecule has 0 heterocycles. The van der Waals surface area contributed by atoms with Crippen molar-refractivity contribution < 1.29 is 22.8 Å². The zero-order valence-electron chi connectivity index (χ0n) is 16.6. The molecule has 6 heteroatoms. The SMILES string of the molecule is CCCCCO[Si](OCCC)(OCCCCC)OC(O)c1ccccc1. The van der Waals surface area contributed by atoms with Gasteiger partial charge in [0.1, 0.15) is 0 Å². The molecule has 0 aliphatic carbocycles. The van der Waals surface area contributed by atoms with Gasteiger partial charge in [0.05, 0.1) is 0 Å². The number of hydrogen-bond donors (Lipinski definition) is 1. The first-order valence-electron chi connectivity index (χ1n) is 10.00. The van der Waals surface area contributed by atoms with Crippen molar-refractivity contribution >= 4 is 9.05 Å². The summed E-state index contributed by atoms with van der Waals surface area (Å²) in [7, 11) is -3.41. The topological polar surface area (TPSA) is 57.2 Å². The van der Waals surface area contributed by atoms with E-state index in [4.69, 9.17) is 17.7 Å². The Bertz CT molecular complexity index is 431. The molecule has 0 fully saturated rings. The van der Waals surface area contributed by atoms with Gasteiger partial charge in [0.15, 0.2) is 6.29 Å². The summed E-state index contributed by atoms with van der Waals surface area (Å²) in [5.41, 5.74) is 0.666. The molecule has 1 aromatic carbocycles. The van der Waals surface area contributed by atoms with Crippen LogP contribution in [-0.4, -0.2) is 34.0 Å². The number of benzene rings is 1. The number of unbranched alkanes of at least 4 members (excludes halogenated alkanes) is 4. The second-order valence-electron chi connectivity index (χ2n) is 6.34. The van der Waals surface area contributed by atoms with Gasteiger partial charge in [0.25, 0.3) is 0 Å². The van der Waals surface area contributed by atoms with Crippen molar-refractivity contribution in [2.75, 3.05) is 19.8 Å². The van der Waals surface area contributed by atoms with Crippen LogP contribution in [0, 0.1) is 0 Å². The van der Waals surface area contributed by atoms with Crippen LogP contribution in [0.5, 0.6) is 0 Å². The van der Waals surface area contributed by atoms with E-state index in [1.807, 2.05) is 37.3 Å². The molecule has 0 aromatic heterocycles. The molecule has 0 aliphatic rings. The van der Waals surface area contributed by atoms with Gasteiger partial charge in [-0.1, -0.05) is 76.8 Å². The molecule has 1 N–H and O–H groups in total. The standard InChI is InChI=1S/C20H36O5Si/c1-4-7-12-17-23-26(22-16-6-3,24-18-13-8-5-2)25-20(21)19-14-10-9-11-15-19/h9-11,14-15,20-21H,4-8,12-13,16-18H2,1-3H3. The number of aliphatic hydroxyl groups is 1. The van der Waals surface area contributed by atoms with Crippen molar-refractivity contribution in [3.8, 4) is 0 Å². The van der Waals surface area contributed by atoms with Crippen molar-refractivity contribution in [3.63, 3.8) is 0 Å². The van der Waals surface area contributed by atoms with Crippen molar-refractivity contribution in [1.29, 1.82) is 0 Å². The predicted molar refractivity (Wildman–Crippen MR) is 105 cm³/mol. The van der Waals surface area contributed by atoms with Crippen LogP contribution in [0.4, 0.5) is 0 Å². The maximum Gasteiger partial charge on any atom is 0.681 e. The van der Waals surface area contributed by atoms with E-state index >= 15 is 0 Å². The molecule has 1 rings (SSSR count). The van der Waals surface area contributed by atoms with Crippen molar-refractivity contribution in [3.05, 3.63) is 35.9 Å². The number of rotatable bonds is 16. The fourth-order valence-corrected chi connectivity index (χ4v) is 4.48. The molecule has 150 valence electrons. The number of hydrogen-bond acceptors (Lipinski definition) is 5. The van der Waals surface area contributed by atoms with Gasteiger partial charge in [-0.05, 0) is 19.3 Å². The van der Waals surface area contributed by atoms with Crippen LogP contribution < -0.4 is 0 Å². The summed E-state index contributed by atoms with van der Waals surface area (Å²) >= 11 is 0. The molecule has 5 nitrogen and oxygen atoms in total. The molecule has 0 saturated heterocycles. The van der Waals surface area contributed by atoms with Gasteiger partial charge in [0.2, 0.25) is 0 Å². The highest BCUT2D eigenvalue weighted by Gasteiger charge is 2.48. The summed E-state index contributed by atoms with van der Waals surface area (Å²) in [6.07, 6.45) is 5.92. The first-order chi connectivity index (χ1) is 12.7. The molecule has 26 heavy (non-hydrogen) atoms. The minimum atomic E-state index is -3.41. The van der Waals surface area contributed by atoms with Crippen molar-refractivity contribution in [2.24, 2.45) is 0 Å². The summed E-state index contributed by atoms with van der Waals surface area (Å²) in [6.45, 7) is 7.83. The maximum absolute atomic E-state index is 10.5. The molecular weight excluding hydrogens is 348 g/mol. The van der Waals surface area contributed by atoms with Crippen LogP contribution in [0.3, 0.4) is 0 Å². The quantitative estimate of drug-likeness (QED) is 0.248. The van der Waals surface area contributed by atoms with Crippen molar-refractivity contribution in [1.82, 2.24) is 0 Å². The molecule has 0 radical (unpaired) electrons. The third-order valence-electron chi connectivity index (χ3n) is 3.88. The lowest BCUT2D eigenvalue weighted by Crippen LogP contribution is -2.50. The highest BCUT2D eigenvalue weighted by atomic mass is 28.4. The van der Waals surface area contributed by atoms with E-state index in [0.29, 0.717) is 25.4 Å². The molecular formula is C20H36O5Si. The summed E-state index contributed by atoms with van der Waals surface area (Å²) in [5.74, 6) is 0. The van der Waals surface area contributed by atoms with Gasteiger partial charge in [-0.3, -0.25) is 0 Å². The van der Waals surface area contributed by atoms with Crippen LogP contribution in [-0.2, 0) is 17.7 Å². The van der Waals surface area contributed by atoms with E-state index < -0.39 is 15.3 Å². The molecule has 0 bridgehead atoms. The normalized spacial score (nSPS) is 13.1. The van der Waals surface area contributed by atoms with E-state index in [0.717, 1.165) is 44.9 Å². The summed E-state index contributed by atoms with van der Waals surface area (Å²) < 4.78 is 23.9. The van der Waals surface area contributed by atoms with Gasteiger partial charge in [-0.15, -0.1) is 0 Å². The van der Waals surface area contributed by atoms with Gasteiger partial charge < -0.3 is 22.8 Å². The first-order valence-corrected chi connectivity index (χ1v) is 11.6. The molecule has 1 unspecified atom stereocenters. The number of aliphatic hydroxyl groups excluding tert-OH is 1. The van der Waals surface area contributed by atoms with Gasteiger partial charge in [-0.2, -0.15) is 0 Å². The highest BCUT2D eigenvalue weighted by molar-refractivity contribution is 6.53. The molecule has 0 aliphatic heterocycles. The van der Waals surface area contributed by atoms with Crippen LogP contribution in [0.1, 0.15) is 77.6 Å². The third kappa shape index (κ3) is 9.25. The third-order valence-corrected chi connectivity index (χ3v) is 6.06. The highest BCUT2D eigenvalue weighted by Crippen LogP contribution is 2.23. The van der Waals surface area contributed by atoms with E-state index in [-0.39, 0.29) is 0 Å². The lowest BCUT2D eigenvalue weighted by molar-refractivity contribution is -0.125. The average molecular weight is 385 g/mol. The van der Waals surface area contributed by atoms with E-state index in [1.165, 1.54) is 0 Å². The lowest BCUT2D eigenvalue weighted by atomic mass is 10.2. The van der Waals surface area contributed by atoms with E-state index in [9.17, 15) is 5.11 Å². The Balaban J connectivity index is 2.81. The molecule has 1 atom stereocenters. The zero-order valence-corrected chi connectivity index (χ0v) is 17.6. The smallest absolute Gasteiger partial charge is 0.365 e. The van der Waals surface area contributed by atoms with Gasteiger partial charge >= 0.3 is 9.05 Å². The molecule has 0 amide bonds. The molecule has 1 aromatic rings. The Morgan fingerprint density at radius 1 is 0.769 bits per heavy atom. The van der Waals surface area contributed by atoms with Crippen LogP contribution >= 0.6 is 0 Å². The molecule has 0 saturated carbocycles.